The van der Waals surface area contributed by atoms with Crippen LogP contribution in [0.1, 0.15) is 16.2 Å². The third-order valence-electron chi connectivity index (χ3n) is 4.01. The summed E-state index contributed by atoms with van der Waals surface area (Å²) in [5, 5.41) is -0.228. The quantitative estimate of drug-likeness (QED) is 0.418. The molecule has 0 aliphatic rings. The molecule has 4 rings (SSSR count). The Hall–Kier alpha value is -3.49. The van der Waals surface area contributed by atoms with E-state index in [0.29, 0.717) is 17.4 Å². The van der Waals surface area contributed by atoms with Crippen molar-refractivity contribution in [3.63, 3.8) is 0 Å². The summed E-state index contributed by atoms with van der Waals surface area (Å²) in [6.07, 6.45) is -4.19. The van der Waals surface area contributed by atoms with Crippen molar-refractivity contribution in [3.8, 4) is 11.3 Å². The van der Waals surface area contributed by atoms with Gasteiger partial charge in [0.15, 0.2) is 11.0 Å². The summed E-state index contributed by atoms with van der Waals surface area (Å²) in [7, 11) is 0. The Labute approximate surface area is 147 Å². The van der Waals surface area contributed by atoms with Crippen LogP contribution in [0.25, 0.3) is 33.3 Å². The highest BCUT2D eigenvalue weighted by atomic mass is 19.4. The molecule has 0 saturated heterocycles. The van der Waals surface area contributed by atoms with Crippen molar-refractivity contribution >= 4 is 28.3 Å². The van der Waals surface area contributed by atoms with E-state index in [1.54, 1.807) is 0 Å². The Balaban J connectivity index is 2.03. The number of aromatic nitrogens is 2. The number of H-pyrrole nitrogens is 1. The number of fused-ring (bicyclic) bond motifs is 3. The fourth-order valence-electron chi connectivity index (χ4n) is 2.73. The predicted octanol–water partition coefficient (Wildman–Crippen LogP) is 4.31. The van der Waals surface area contributed by atoms with Crippen LogP contribution in [0.3, 0.4) is 0 Å². The number of benzene rings is 2. The number of carbonyl (C=O) groups is 1. The number of nitrogens with one attached hydrogen (secondary N) is 1. The molecule has 5 nitrogen and oxygen atoms in total. The Morgan fingerprint density at radius 1 is 1.11 bits per heavy atom. The highest BCUT2D eigenvalue weighted by Gasteiger charge is 2.35. The minimum Gasteiger partial charge on any atom is -0.453 e. The van der Waals surface area contributed by atoms with Gasteiger partial charge in [-0.05, 0) is 6.07 Å². The molecule has 2 aromatic carbocycles. The number of rotatable bonds is 2. The van der Waals surface area contributed by atoms with Crippen molar-refractivity contribution in [1.29, 1.82) is 0 Å². The second-order valence-electron chi connectivity index (χ2n) is 5.76. The van der Waals surface area contributed by atoms with Crippen LogP contribution in [0.5, 0.6) is 0 Å². The van der Waals surface area contributed by atoms with Crippen LogP contribution in [0.15, 0.2) is 45.6 Å². The van der Waals surface area contributed by atoms with Gasteiger partial charge in [-0.1, -0.05) is 24.3 Å². The SMILES string of the molecule is O=Cc1ccc(-c2cc(=O)c3cc(F)c4[nH]c(C(F)(F)F)nc4c3o2)cc1. The van der Waals surface area contributed by atoms with Gasteiger partial charge in [-0.25, -0.2) is 9.37 Å². The number of halogens is 4. The average Bonchev–Trinajstić information content (AvgIpc) is 3.09. The third-order valence-corrected chi connectivity index (χ3v) is 4.01. The number of hydrogen-bond donors (Lipinski definition) is 1. The molecule has 1 N–H and O–H groups in total. The maximum atomic E-state index is 14.2. The van der Waals surface area contributed by atoms with Gasteiger partial charge in [-0.15, -0.1) is 0 Å². The van der Waals surface area contributed by atoms with E-state index in [9.17, 15) is 27.2 Å². The minimum absolute atomic E-state index is 0.0504. The van der Waals surface area contributed by atoms with E-state index in [1.165, 1.54) is 24.3 Å². The third kappa shape index (κ3) is 2.77. The highest BCUT2D eigenvalue weighted by Crippen LogP contribution is 2.33. The second kappa shape index (κ2) is 5.76. The smallest absolute Gasteiger partial charge is 0.449 e. The Morgan fingerprint density at radius 3 is 2.44 bits per heavy atom. The lowest BCUT2D eigenvalue weighted by molar-refractivity contribution is -0.144. The summed E-state index contributed by atoms with van der Waals surface area (Å²) in [6, 6.07) is 7.91. The van der Waals surface area contributed by atoms with Gasteiger partial charge in [-0.2, -0.15) is 13.2 Å². The van der Waals surface area contributed by atoms with Crippen LogP contribution < -0.4 is 5.43 Å². The first kappa shape index (κ1) is 17.0. The van der Waals surface area contributed by atoms with E-state index in [1.807, 2.05) is 4.98 Å². The average molecular weight is 376 g/mol. The lowest BCUT2D eigenvalue weighted by Gasteiger charge is -2.04. The lowest BCUT2D eigenvalue weighted by atomic mass is 10.1. The van der Waals surface area contributed by atoms with E-state index < -0.39 is 34.3 Å². The maximum absolute atomic E-state index is 14.2. The highest BCUT2D eigenvalue weighted by molar-refractivity contribution is 6.01. The number of alkyl halides is 3. The zero-order chi connectivity index (χ0) is 19.3. The number of hydrogen-bond acceptors (Lipinski definition) is 4. The van der Waals surface area contributed by atoms with Crippen molar-refractivity contribution in [2.24, 2.45) is 0 Å². The summed E-state index contributed by atoms with van der Waals surface area (Å²) in [6.45, 7) is 0. The van der Waals surface area contributed by atoms with E-state index in [-0.39, 0.29) is 16.7 Å². The maximum Gasteiger partial charge on any atom is 0.449 e. The molecule has 0 amide bonds. The van der Waals surface area contributed by atoms with Gasteiger partial charge in [-0.3, -0.25) is 9.59 Å². The summed E-state index contributed by atoms with van der Waals surface area (Å²) >= 11 is 0. The first-order chi connectivity index (χ1) is 12.8. The van der Waals surface area contributed by atoms with Crippen molar-refractivity contribution in [2.45, 2.75) is 6.18 Å². The molecule has 2 heterocycles. The van der Waals surface area contributed by atoms with Gasteiger partial charge in [0.1, 0.15) is 28.9 Å². The molecular weight excluding hydrogens is 368 g/mol. The first-order valence-electron chi connectivity index (χ1n) is 7.57. The Morgan fingerprint density at radius 2 is 1.81 bits per heavy atom. The van der Waals surface area contributed by atoms with Crippen LogP contribution in [0.2, 0.25) is 0 Å². The monoisotopic (exact) mass is 376 g/mol. The Kier molecular flexibility index (Phi) is 3.62. The van der Waals surface area contributed by atoms with Crippen LogP contribution in [0.4, 0.5) is 17.6 Å². The van der Waals surface area contributed by atoms with Crippen molar-refractivity contribution in [3.05, 3.63) is 63.8 Å². The zero-order valence-corrected chi connectivity index (χ0v) is 13.2. The minimum atomic E-state index is -4.82. The molecule has 0 spiro atoms. The van der Waals surface area contributed by atoms with Crippen molar-refractivity contribution in [1.82, 2.24) is 9.97 Å². The summed E-state index contributed by atoms with van der Waals surface area (Å²) < 4.78 is 58.5. The molecule has 0 atom stereocenters. The molecule has 2 aromatic heterocycles. The van der Waals surface area contributed by atoms with Crippen LogP contribution in [-0.2, 0) is 6.18 Å². The molecule has 0 fully saturated rings. The molecule has 0 unspecified atom stereocenters. The normalized spacial score (nSPS) is 12.0. The Bertz CT molecular complexity index is 1250. The largest absolute Gasteiger partial charge is 0.453 e. The van der Waals surface area contributed by atoms with Gasteiger partial charge in [0, 0.05) is 17.2 Å². The number of imidazole rings is 1. The summed E-state index contributed by atoms with van der Waals surface area (Å²) in [5.74, 6) is -2.39. The number of carbonyl (C=O) groups excluding carboxylic acids is 1. The molecule has 0 radical (unpaired) electrons. The molecule has 136 valence electrons. The van der Waals surface area contributed by atoms with E-state index in [4.69, 9.17) is 4.42 Å². The summed E-state index contributed by atoms with van der Waals surface area (Å²) in [4.78, 5) is 28.3. The second-order valence-corrected chi connectivity index (χ2v) is 5.76. The van der Waals surface area contributed by atoms with E-state index >= 15 is 0 Å². The van der Waals surface area contributed by atoms with Gasteiger partial charge in [0.2, 0.25) is 5.82 Å². The van der Waals surface area contributed by atoms with Crippen molar-refractivity contribution in [2.75, 3.05) is 0 Å². The van der Waals surface area contributed by atoms with E-state index in [0.717, 1.165) is 12.1 Å². The molecule has 0 bridgehead atoms. The summed E-state index contributed by atoms with van der Waals surface area (Å²) in [5.41, 5.74) is -1.02. The van der Waals surface area contributed by atoms with Crippen LogP contribution in [0, 0.1) is 5.82 Å². The van der Waals surface area contributed by atoms with Gasteiger partial charge < -0.3 is 9.40 Å². The van der Waals surface area contributed by atoms with Crippen molar-refractivity contribution < 1.29 is 26.8 Å². The molecule has 0 saturated carbocycles. The molecular formula is C18H8F4N2O3. The molecule has 0 aliphatic carbocycles. The van der Waals surface area contributed by atoms with Gasteiger partial charge >= 0.3 is 6.18 Å². The molecule has 0 aliphatic heterocycles. The predicted molar refractivity (Wildman–Crippen MR) is 87.9 cm³/mol. The molecule has 27 heavy (non-hydrogen) atoms. The molecule has 9 heteroatoms. The fraction of sp³-hybridized carbons (Fsp3) is 0.0556. The van der Waals surface area contributed by atoms with Gasteiger partial charge in [0.05, 0.1) is 5.39 Å². The van der Waals surface area contributed by atoms with Gasteiger partial charge in [0.25, 0.3) is 0 Å². The number of nitrogens with zero attached hydrogens (tertiary/aromatic N) is 1. The number of aldehydes is 1. The number of aromatic amines is 1. The van der Waals surface area contributed by atoms with Crippen LogP contribution >= 0.6 is 0 Å². The standard InChI is InChI=1S/C18H8F4N2O3/c19-11-5-10-12(26)6-13(9-3-1-8(7-25)2-4-9)27-16(10)15-14(11)23-17(24-15)18(20,21)22/h1-7H,(H,23,24). The van der Waals surface area contributed by atoms with E-state index in [2.05, 4.69) is 4.98 Å². The first-order valence-corrected chi connectivity index (χ1v) is 7.57. The zero-order valence-electron chi connectivity index (χ0n) is 13.2. The topological polar surface area (TPSA) is 76.0 Å². The molecule has 4 aromatic rings. The fourth-order valence-corrected chi connectivity index (χ4v) is 2.73. The lowest BCUT2D eigenvalue weighted by Crippen LogP contribution is -2.06. The van der Waals surface area contributed by atoms with Crippen LogP contribution in [-0.4, -0.2) is 16.3 Å².